The summed E-state index contributed by atoms with van der Waals surface area (Å²) in [6.07, 6.45) is 0. The standard InChI is InChI=1S/C20H32N4O3/c1-20(2,3)18(25)14-23-9-8-22(4)12-16-6-5-7-17(21-16)13-24(11-10-23)15-19(26)27/h5-7H,8-15H2,1-4H3,(H,26,27). The van der Waals surface area contributed by atoms with E-state index < -0.39 is 5.97 Å². The van der Waals surface area contributed by atoms with E-state index in [4.69, 9.17) is 0 Å². The van der Waals surface area contributed by atoms with E-state index in [9.17, 15) is 14.7 Å². The Labute approximate surface area is 162 Å². The van der Waals surface area contributed by atoms with Crippen molar-refractivity contribution in [3.63, 3.8) is 0 Å². The van der Waals surface area contributed by atoms with Crippen molar-refractivity contribution < 1.29 is 14.7 Å². The van der Waals surface area contributed by atoms with E-state index in [1.807, 2.05) is 43.9 Å². The molecule has 1 aromatic rings. The SMILES string of the molecule is CN1CCN(CC(=O)C(C)(C)C)CCN(CC(=O)O)Cc2cccc(n2)C1. The Bertz CT molecular complexity index is 657. The molecule has 2 heterocycles. The highest BCUT2D eigenvalue weighted by Gasteiger charge is 2.24. The lowest BCUT2D eigenvalue weighted by molar-refractivity contribution is -0.138. The molecule has 0 spiro atoms. The lowest BCUT2D eigenvalue weighted by atomic mass is 9.90. The largest absolute Gasteiger partial charge is 0.480 e. The number of hydrogen-bond donors (Lipinski definition) is 1. The minimum atomic E-state index is -0.852. The molecule has 1 aliphatic rings. The van der Waals surface area contributed by atoms with Gasteiger partial charge >= 0.3 is 5.97 Å². The van der Waals surface area contributed by atoms with Crippen LogP contribution in [0, 0.1) is 5.41 Å². The number of hydrogen-bond acceptors (Lipinski definition) is 6. The number of nitrogens with zero attached hydrogens (tertiary/aromatic N) is 4. The Balaban J connectivity index is 2.17. The normalized spacial score (nSPS) is 18.5. The van der Waals surface area contributed by atoms with Crippen LogP contribution in [0.5, 0.6) is 0 Å². The van der Waals surface area contributed by atoms with E-state index in [1.54, 1.807) is 0 Å². The van der Waals surface area contributed by atoms with Gasteiger partial charge in [0.2, 0.25) is 0 Å². The fourth-order valence-electron chi connectivity index (χ4n) is 3.00. The minimum absolute atomic E-state index is 0.0349. The third kappa shape index (κ3) is 7.36. The van der Waals surface area contributed by atoms with Gasteiger partial charge in [0.05, 0.1) is 24.5 Å². The lowest BCUT2D eigenvalue weighted by Gasteiger charge is -2.30. The first kappa shape index (κ1) is 21.5. The maximum Gasteiger partial charge on any atom is 0.317 e. The summed E-state index contributed by atoms with van der Waals surface area (Å²) in [5.41, 5.74) is 1.47. The van der Waals surface area contributed by atoms with Crippen LogP contribution < -0.4 is 0 Å². The molecular formula is C20H32N4O3. The predicted octanol–water partition coefficient (Wildman–Crippen LogP) is 1.33. The number of ketones is 1. The Morgan fingerprint density at radius 2 is 1.59 bits per heavy atom. The molecule has 0 atom stereocenters. The molecule has 0 unspecified atom stereocenters. The Morgan fingerprint density at radius 3 is 2.22 bits per heavy atom. The summed E-state index contributed by atoms with van der Waals surface area (Å²) in [7, 11) is 2.06. The van der Waals surface area contributed by atoms with Crippen LogP contribution in [0.4, 0.5) is 0 Å². The van der Waals surface area contributed by atoms with Crippen LogP contribution in [0.3, 0.4) is 0 Å². The van der Waals surface area contributed by atoms with E-state index in [1.165, 1.54) is 0 Å². The highest BCUT2D eigenvalue weighted by Crippen LogP contribution is 2.15. The number of carbonyl (C=O) groups excluding carboxylic acids is 1. The number of fused-ring (bicyclic) bond motifs is 2. The molecule has 0 fully saturated rings. The Kier molecular flexibility index (Phi) is 7.47. The second kappa shape index (κ2) is 9.39. The van der Waals surface area contributed by atoms with Crippen molar-refractivity contribution in [1.82, 2.24) is 19.7 Å². The highest BCUT2D eigenvalue weighted by molar-refractivity contribution is 5.85. The summed E-state index contributed by atoms with van der Waals surface area (Å²) in [6.45, 7) is 10.2. The van der Waals surface area contributed by atoms with E-state index in [0.29, 0.717) is 26.2 Å². The maximum atomic E-state index is 12.5. The van der Waals surface area contributed by atoms with Crippen molar-refractivity contribution >= 4 is 11.8 Å². The van der Waals surface area contributed by atoms with Crippen molar-refractivity contribution in [2.75, 3.05) is 46.3 Å². The monoisotopic (exact) mass is 376 g/mol. The molecular weight excluding hydrogens is 344 g/mol. The van der Waals surface area contributed by atoms with Crippen LogP contribution in [-0.4, -0.2) is 82.9 Å². The summed E-state index contributed by atoms with van der Waals surface area (Å²) >= 11 is 0. The molecule has 2 rings (SSSR count). The quantitative estimate of drug-likeness (QED) is 0.849. The average molecular weight is 377 g/mol. The van der Waals surface area contributed by atoms with Gasteiger partial charge in [0.25, 0.3) is 0 Å². The summed E-state index contributed by atoms with van der Waals surface area (Å²) in [5, 5.41) is 9.25. The third-order valence-corrected chi connectivity index (χ3v) is 4.77. The molecule has 7 nitrogen and oxygen atoms in total. The van der Waals surface area contributed by atoms with Crippen molar-refractivity contribution in [2.24, 2.45) is 5.41 Å². The number of aliphatic carboxylic acids is 1. The first-order valence-electron chi connectivity index (χ1n) is 9.46. The number of pyridine rings is 1. The first-order chi connectivity index (χ1) is 12.6. The van der Waals surface area contributed by atoms with Crippen LogP contribution in [-0.2, 0) is 22.7 Å². The van der Waals surface area contributed by atoms with Crippen molar-refractivity contribution in [1.29, 1.82) is 0 Å². The Morgan fingerprint density at radius 1 is 1.00 bits per heavy atom. The molecule has 0 aromatic carbocycles. The molecule has 0 saturated carbocycles. The highest BCUT2D eigenvalue weighted by atomic mass is 16.4. The van der Waals surface area contributed by atoms with E-state index >= 15 is 0 Å². The number of rotatable bonds is 4. The van der Waals surface area contributed by atoms with Gasteiger partial charge in [-0.3, -0.25) is 29.3 Å². The molecule has 7 heteroatoms. The number of carbonyl (C=O) groups is 2. The minimum Gasteiger partial charge on any atom is -0.480 e. The average Bonchev–Trinajstić information content (AvgIpc) is 2.55. The molecule has 0 saturated heterocycles. The molecule has 0 amide bonds. The fourth-order valence-corrected chi connectivity index (χ4v) is 3.00. The van der Waals surface area contributed by atoms with Gasteiger partial charge in [0, 0.05) is 44.7 Å². The number of aromatic nitrogens is 1. The second-order valence-electron chi connectivity index (χ2n) is 8.41. The van der Waals surface area contributed by atoms with Crippen LogP contribution in [0.2, 0.25) is 0 Å². The summed E-state index contributed by atoms with van der Waals surface area (Å²) in [6, 6.07) is 5.91. The summed E-state index contributed by atoms with van der Waals surface area (Å²) in [4.78, 5) is 34.7. The first-order valence-corrected chi connectivity index (χ1v) is 9.46. The third-order valence-electron chi connectivity index (χ3n) is 4.77. The van der Waals surface area contributed by atoms with Crippen LogP contribution in [0.15, 0.2) is 18.2 Å². The molecule has 0 radical (unpaired) electrons. The lowest BCUT2D eigenvalue weighted by Crippen LogP contribution is -2.44. The molecule has 1 N–H and O–H groups in total. The van der Waals surface area contributed by atoms with Crippen molar-refractivity contribution in [2.45, 2.75) is 33.9 Å². The molecule has 27 heavy (non-hydrogen) atoms. The zero-order valence-electron chi connectivity index (χ0n) is 16.9. The molecule has 0 aliphatic carbocycles. The van der Waals surface area contributed by atoms with Crippen molar-refractivity contribution in [3.05, 3.63) is 29.6 Å². The molecule has 150 valence electrons. The van der Waals surface area contributed by atoms with Crippen LogP contribution in [0.25, 0.3) is 0 Å². The zero-order chi connectivity index (χ0) is 20.0. The second-order valence-corrected chi connectivity index (χ2v) is 8.41. The molecule has 1 aliphatic heterocycles. The number of carboxylic acid groups (broad SMARTS) is 1. The van der Waals surface area contributed by atoms with Gasteiger partial charge in [-0.1, -0.05) is 26.8 Å². The van der Waals surface area contributed by atoms with E-state index in [0.717, 1.165) is 31.0 Å². The zero-order valence-corrected chi connectivity index (χ0v) is 16.9. The van der Waals surface area contributed by atoms with Gasteiger partial charge in [-0.15, -0.1) is 0 Å². The number of likely N-dealkylation sites (N-methyl/N-ethyl adjacent to an activating group) is 1. The van der Waals surface area contributed by atoms with Gasteiger partial charge in [0.1, 0.15) is 0 Å². The number of carboxylic acids is 1. The number of Topliss-reactive ketones (excluding diaryl/α,β-unsaturated/α-hetero) is 1. The summed E-state index contributed by atoms with van der Waals surface area (Å²) in [5.74, 6) is -0.649. The van der Waals surface area contributed by atoms with E-state index in [-0.39, 0.29) is 17.7 Å². The molecule has 2 bridgehead atoms. The van der Waals surface area contributed by atoms with Crippen LogP contribution >= 0.6 is 0 Å². The van der Waals surface area contributed by atoms with Gasteiger partial charge in [-0.25, -0.2) is 0 Å². The topological polar surface area (TPSA) is 77.0 Å². The maximum absolute atomic E-state index is 12.5. The molecule has 1 aromatic heterocycles. The van der Waals surface area contributed by atoms with Crippen molar-refractivity contribution in [3.8, 4) is 0 Å². The van der Waals surface area contributed by atoms with Gasteiger partial charge < -0.3 is 5.11 Å². The summed E-state index contributed by atoms with van der Waals surface area (Å²) < 4.78 is 0. The van der Waals surface area contributed by atoms with Gasteiger partial charge in [0.15, 0.2) is 5.78 Å². The van der Waals surface area contributed by atoms with Gasteiger partial charge in [-0.05, 0) is 19.2 Å². The fraction of sp³-hybridized carbons (Fsp3) is 0.650. The van der Waals surface area contributed by atoms with Gasteiger partial charge in [-0.2, -0.15) is 0 Å². The van der Waals surface area contributed by atoms with Crippen LogP contribution in [0.1, 0.15) is 32.2 Å². The predicted molar refractivity (Wildman–Crippen MR) is 104 cm³/mol. The van der Waals surface area contributed by atoms with E-state index in [2.05, 4.69) is 21.8 Å². The Hall–Kier alpha value is -1.83. The smallest absolute Gasteiger partial charge is 0.317 e.